The molecule has 0 fully saturated rings. The lowest BCUT2D eigenvalue weighted by molar-refractivity contribution is -0.163. The number of hydrogen-bond donors (Lipinski definition) is 1. The Morgan fingerprint density at radius 3 is 2.56 bits per heavy atom. The second-order valence-electron chi connectivity index (χ2n) is 4.68. The first-order valence-corrected chi connectivity index (χ1v) is 6.38. The van der Waals surface area contributed by atoms with E-state index in [1.165, 1.54) is 18.2 Å². The number of thiol groups is 1. The van der Waals surface area contributed by atoms with Gasteiger partial charge in [0.15, 0.2) is 6.10 Å². The maximum absolute atomic E-state index is 13.7. The van der Waals surface area contributed by atoms with Crippen molar-refractivity contribution in [2.45, 2.75) is 32.5 Å². The van der Waals surface area contributed by atoms with E-state index in [0.717, 1.165) is 0 Å². The van der Waals surface area contributed by atoms with Gasteiger partial charge in [0.25, 0.3) is 0 Å². The van der Waals surface area contributed by atoms with E-state index in [9.17, 15) is 9.18 Å². The van der Waals surface area contributed by atoms with Crippen LogP contribution >= 0.6 is 28.8 Å². The van der Waals surface area contributed by atoms with Gasteiger partial charge in [0.1, 0.15) is 11.4 Å². The van der Waals surface area contributed by atoms with Crippen molar-refractivity contribution in [3.8, 4) is 0 Å². The first kappa shape index (κ1) is 15.5. The van der Waals surface area contributed by atoms with Gasteiger partial charge in [-0.25, -0.2) is 9.18 Å². The molecule has 0 aliphatic rings. The minimum atomic E-state index is -1.20. The highest BCUT2D eigenvalue weighted by Gasteiger charge is 2.29. The fourth-order valence-corrected chi connectivity index (χ4v) is 1.88. The van der Waals surface area contributed by atoms with Gasteiger partial charge in [-0.15, -0.1) is 0 Å². The van der Waals surface area contributed by atoms with Crippen LogP contribution in [0.1, 0.15) is 32.4 Å². The van der Waals surface area contributed by atoms with E-state index in [1.807, 2.05) is 0 Å². The lowest BCUT2D eigenvalue weighted by Crippen LogP contribution is -2.28. The molecule has 0 N–H and O–H groups in total. The van der Waals surface area contributed by atoms with Gasteiger partial charge in [0, 0.05) is 10.0 Å². The van der Waals surface area contributed by atoms with E-state index >= 15 is 0 Å². The number of carbonyl (C=O) groups excluding carboxylic acids is 1. The third-order valence-corrected chi connectivity index (χ3v) is 2.67. The SMILES string of the molecule is CC(C)(C)OC(=O)C(OS)c1cc(Br)ccc1F. The Kier molecular flexibility index (Phi) is 5.19. The van der Waals surface area contributed by atoms with Crippen molar-refractivity contribution in [3.63, 3.8) is 0 Å². The molecule has 1 aromatic rings. The number of benzene rings is 1. The Morgan fingerprint density at radius 1 is 1.44 bits per heavy atom. The summed E-state index contributed by atoms with van der Waals surface area (Å²) in [5, 5.41) is 0. The number of rotatable bonds is 3. The molecule has 6 heteroatoms. The van der Waals surface area contributed by atoms with E-state index in [2.05, 4.69) is 28.8 Å². The second-order valence-corrected chi connectivity index (χ2v) is 5.81. The van der Waals surface area contributed by atoms with Crippen molar-refractivity contribution in [3.05, 3.63) is 34.1 Å². The van der Waals surface area contributed by atoms with Crippen molar-refractivity contribution in [1.82, 2.24) is 0 Å². The summed E-state index contributed by atoms with van der Waals surface area (Å²) in [6.45, 7) is 5.16. The molecular weight excluding hydrogens is 323 g/mol. The van der Waals surface area contributed by atoms with Crippen LogP contribution in [-0.2, 0) is 13.7 Å². The maximum Gasteiger partial charge on any atom is 0.341 e. The van der Waals surface area contributed by atoms with Crippen molar-refractivity contribution in [2.75, 3.05) is 0 Å². The van der Waals surface area contributed by atoms with Crippen LogP contribution in [0.25, 0.3) is 0 Å². The van der Waals surface area contributed by atoms with E-state index in [0.29, 0.717) is 4.47 Å². The van der Waals surface area contributed by atoms with Crippen LogP contribution in [0, 0.1) is 5.82 Å². The number of esters is 1. The summed E-state index contributed by atoms with van der Waals surface area (Å²) in [5.74, 6) is -1.24. The van der Waals surface area contributed by atoms with Crippen LogP contribution in [0.15, 0.2) is 22.7 Å². The zero-order valence-electron chi connectivity index (χ0n) is 10.2. The molecule has 1 atom stereocenters. The summed E-state index contributed by atoms with van der Waals surface area (Å²) in [6.07, 6.45) is -1.20. The molecule has 0 aromatic heterocycles. The Morgan fingerprint density at radius 2 is 2.06 bits per heavy atom. The largest absolute Gasteiger partial charge is 0.458 e. The quantitative estimate of drug-likeness (QED) is 0.517. The van der Waals surface area contributed by atoms with Crippen LogP contribution in [0.4, 0.5) is 4.39 Å². The number of carbonyl (C=O) groups is 1. The molecule has 0 saturated heterocycles. The summed E-state index contributed by atoms with van der Waals surface area (Å²) in [4.78, 5) is 11.9. The molecule has 0 saturated carbocycles. The van der Waals surface area contributed by atoms with Crippen LogP contribution in [-0.4, -0.2) is 11.6 Å². The predicted octanol–water partition coefficient (Wildman–Crippen LogP) is 3.83. The van der Waals surface area contributed by atoms with Crippen molar-refractivity contribution >= 4 is 34.8 Å². The Bertz CT molecular complexity index is 445. The van der Waals surface area contributed by atoms with E-state index < -0.39 is 23.5 Å². The molecule has 0 bridgehead atoms. The van der Waals surface area contributed by atoms with Crippen LogP contribution in [0.2, 0.25) is 0 Å². The van der Waals surface area contributed by atoms with Crippen LogP contribution in [0.3, 0.4) is 0 Å². The van der Waals surface area contributed by atoms with E-state index in [1.54, 1.807) is 20.8 Å². The topological polar surface area (TPSA) is 35.5 Å². The molecule has 0 aliphatic heterocycles. The summed E-state index contributed by atoms with van der Waals surface area (Å²) >= 11 is 6.82. The molecule has 0 spiro atoms. The van der Waals surface area contributed by atoms with Gasteiger partial charge in [-0.3, -0.25) is 4.18 Å². The number of ether oxygens (including phenoxy) is 1. The average Bonchev–Trinajstić information content (AvgIpc) is 2.21. The second kappa shape index (κ2) is 6.04. The molecule has 3 nitrogen and oxygen atoms in total. The van der Waals surface area contributed by atoms with Crippen LogP contribution < -0.4 is 0 Å². The van der Waals surface area contributed by atoms with Crippen LogP contribution in [0.5, 0.6) is 0 Å². The summed E-state index contributed by atoms with van der Waals surface area (Å²) in [6, 6.07) is 4.23. The van der Waals surface area contributed by atoms with Gasteiger partial charge < -0.3 is 4.74 Å². The van der Waals surface area contributed by atoms with E-state index in [4.69, 9.17) is 8.92 Å². The third kappa shape index (κ3) is 4.26. The highest BCUT2D eigenvalue weighted by atomic mass is 79.9. The highest BCUT2D eigenvalue weighted by Crippen LogP contribution is 2.27. The average molecular weight is 337 g/mol. The molecule has 0 amide bonds. The lowest BCUT2D eigenvalue weighted by atomic mass is 10.1. The van der Waals surface area contributed by atoms with Crippen molar-refractivity contribution in [2.24, 2.45) is 0 Å². The summed E-state index contributed by atoms with van der Waals surface area (Å²) in [5.41, 5.74) is -0.599. The van der Waals surface area contributed by atoms with Gasteiger partial charge in [0.2, 0.25) is 0 Å². The van der Waals surface area contributed by atoms with Crippen molar-refractivity contribution < 1.29 is 18.1 Å². The number of hydrogen-bond acceptors (Lipinski definition) is 4. The van der Waals surface area contributed by atoms with Crippen molar-refractivity contribution in [1.29, 1.82) is 0 Å². The Balaban J connectivity index is 3.02. The normalized spacial score (nSPS) is 13.2. The third-order valence-electron chi connectivity index (χ3n) is 1.97. The molecular formula is C12H14BrFO3S. The predicted molar refractivity (Wildman–Crippen MR) is 72.8 cm³/mol. The van der Waals surface area contributed by atoms with Gasteiger partial charge in [-0.2, -0.15) is 0 Å². The van der Waals surface area contributed by atoms with Gasteiger partial charge in [-0.1, -0.05) is 15.9 Å². The zero-order valence-corrected chi connectivity index (χ0v) is 12.7. The highest BCUT2D eigenvalue weighted by molar-refractivity contribution is 9.10. The summed E-state index contributed by atoms with van der Waals surface area (Å²) in [7, 11) is 0. The lowest BCUT2D eigenvalue weighted by Gasteiger charge is -2.23. The number of halogens is 2. The molecule has 1 unspecified atom stereocenters. The molecule has 0 radical (unpaired) electrons. The minimum absolute atomic E-state index is 0.0774. The monoisotopic (exact) mass is 336 g/mol. The fraction of sp³-hybridized carbons (Fsp3) is 0.417. The molecule has 18 heavy (non-hydrogen) atoms. The Hall–Kier alpha value is -0.590. The molecule has 0 heterocycles. The first-order chi connectivity index (χ1) is 8.24. The first-order valence-electron chi connectivity index (χ1n) is 5.22. The fourth-order valence-electron chi connectivity index (χ4n) is 1.30. The summed E-state index contributed by atoms with van der Waals surface area (Å²) < 4.78 is 24.2. The smallest absolute Gasteiger partial charge is 0.341 e. The van der Waals surface area contributed by atoms with Gasteiger partial charge in [-0.05, 0) is 51.9 Å². The van der Waals surface area contributed by atoms with Gasteiger partial charge >= 0.3 is 5.97 Å². The van der Waals surface area contributed by atoms with E-state index in [-0.39, 0.29) is 5.56 Å². The molecule has 1 aromatic carbocycles. The minimum Gasteiger partial charge on any atom is -0.458 e. The standard InChI is InChI=1S/C12H14BrFO3S/c1-12(2,3)16-11(15)10(17-18)8-6-7(13)4-5-9(8)14/h4-6,10,18H,1-3H3. The van der Waals surface area contributed by atoms with Gasteiger partial charge in [0.05, 0.1) is 0 Å². The Labute approximate surface area is 119 Å². The zero-order chi connectivity index (χ0) is 13.9. The molecule has 0 aliphatic carbocycles. The molecule has 100 valence electrons. The maximum atomic E-state index is 13.7. The molecule has 1 rings (SSSR count).